The first-order chi connectivity index (χ1) is 10.9. The maximum absolute atomic E-state index is 13.2. The summed E-state index contributed by atoms with van der Waals surface area (Å²) >= 11 is 0. The highest BCUT2D eigenvalue weighted by Crippen LogP contribution is 2.63. The monoisotopic (exact) mass is 336 g/mol. The van der Waals surface area contributed by atoms with Crippen molar-refractivity contribution in [1.29, 1.82) is 0 Å². The van der Waals surface area contributed by atoms with Gasteiger partial charge in [0.05, 0.1) is 17.3 Å². The fraction of sp³-hybridized carbons (Fsp3) is 0.842. The Morgan fingerprint density at radius 1 is 1.25 bits per heavy atom. The highest BCUT2D eigenvalue weighted by atomic mass is 16.6. The second-order valence-corrected chi connectivity index (χ2v) is 9.03. The van der Waals surface area contributed by atoms with E-state index in [1.807, 2.05) is 27.7 Å². The lowest BCUT2D eigenvalue weighted by Gasteiger charge is -2.38. The summed E-state index contributed by atoms with van der Waals surface area (Å²) in [6, 6.07) is 0. The molecule has 0 aromatic carbocycles. The standard InChI is InChI=1S/C19H28O5/c1-7-17(2,3)16(22)24-18(4,5)14(20)13-10-8-11-12(9-10)19(13,6)23-15(11)21/h10-13H,7-9H2,1-6H3. The molecule has 3 fully saturated rings. The molecule has 0 aromatic rings. The largest absolute Gasteiger partial charge is 0.458 e. The van der Waals surface area contributed by atoms with E-state index in [1.165, 1.54) is 0 Å². The number of carbonyl (C=O) groups excluding carboxylic acids is 3. The van der Waals surface area contributed by atoms with Gasteiger partial charge in [0.15, 0.2) is 11.4 Å². The van der Waals surface area contributed by atoms with E-state index in [1.54, 1.807) is 13.8 Å². The second-order valence-electron chi connectivity index (χ2n) is 9.03. The third-order valence-electron chi connectivity index (χ3n) is 6.71. The van der Waals surface area contributed by atoms with Crippen LogP contribution in [0.25, 0.3) is 0 Å². The Balaban J connectivity index is 1.82. The van der Waals surface area contributed by atoms with E-state index >= 15 is 0 Å². The Hall–Kier alpha value is -1.39. The molecule has 24 heavy (non-hydrogen) atoms. The molecule has 3 rings (SSSR count). The summed E-state index contributed by atoms with van der Waals surface area (Å²) in [6.07, 6.45) is 2.22. The lowest BCUT2D eigenvalue weighted by molar-refractivity contribution is -0.178. The van der Waals surface area contributed by atoms with Gasteiger partial charge in [-0.15, -0.1) is 0 Å². The number of hydrogen-bond acceptors (Lipinski definition) is 5. The van der Waals surface area contributed by atoms with Crippen LogP contribution in [0, 0.1) is 29.1 Å². The number of Topliss-reactive ketones (excluding diaryl/α,β-unsaturated/α-hetero) is 1. The minimum Gasteiger partial charge on any atom is -0.458 e. The molecule has 0 N–H and O–H groups in total. The van der Waals surface area contributed by atoms with Gasteiger partial charge in [-0.2, -0.15) is 0 Å². The summed E-state index contributed by atoms with van der Waals surface area (Å²) < 4.78 is 11.3. The van der Waals surface area contributed by atoms with Gasteiger partial charge in [0.2, 0.25) is 0 Å². The van der Waals surface area contributed by atoms with Gasteiger partial charge in [0, 0.05) is 5.92 Å². The van der Waals surface area contributed by atoms with Crippen molar-refractivity contribution in [3.05, 3.63) is 0 Å². The van der Waals surface area contributed by atoms with E-state index in [0.29, 0.717) is 6.42 Å². The summed E-state index contributed by atoms with van der Waals surface area (Å²) in [4.78, 5) is 37.7. The molecule has 0 radical (unpaired) electrons. The molecule has 134 valence electrons. The molecule has 1 saturated heterocycles. The Kier molecular flexibility index (Phi) is 3.67. The van der Waals surface area contributed by atoms with Crippen molar-refractivity contribution in [3.8, 4) is 0 Å². The topological polar surface area (TPSA) is 69.7 Å². The van der Waals surface area contributed by atoms with Gasteiger partial charge in [-0.3, -0.25) is 14.4 Å². The minimum atomic E-state index is -1.22. The summed E-state index contributed by atoms with van der Waals surface area (Å²) in [5.41, 5.74) is -2.57. The first-order valence-corrected chi connectivity index (χ1v) is 8.94. The van der Waals surface area contributed by atoms with E-state index in [2.05, 4.69) is 0 Å². The van der Waals surface area contributed by atoms with E-state index in [9.17, 15) is 14.4 Å². The maximum atomic E-state index is 13.2. The van der Waals surface area contributed by atoms with Gasteiger partial charge < -0.3 is 9.47 Å². The maximum Gasteiger partial charge on any atom is 0.312 e. The van der Waals surface area contributed by atoms with Crippen LogP contribution in [0.1, 0.15) is 60.8 Å². The summed E-state index contributed by atoms with van der Waals surface area (Å²) in [5, 5.41) is 0. The molecule has 1 aliphatic heterocycles. The van der Waals surface area contributed by atoms with Crippen LogP contribution in [-0.4, -0.2) is 28.9 Å². The predicted octanol–water partition coefficient (Wildman–Crippen LogP) is 2.90. The van der Waals surface area contributed by atoms with Crippen LogP contribution in [-0.2, 0) is 23.9 Å². The second kappa shape index (κ2) is 5.06. The van der Waals surface area contributed by atoms with E-state index in [4.69, 9.17) is 9.47 Å². The summed E-state index contributed by atoms with van der Waals surface area (Å²) in [5.74, 6) is -0.791. The fourth-order valence-corrected chi connectivity index (χ4v) is 4.79. The molecule has 0 aromatic heterocycles. The number of rotatable bonds is 5. The highest BCUT2D eigenvalue weighted by molar-refractivity contribution is 5.94. The number of hydrogen-bond donors (Lipinski definition) is 0. The lowest BCUT2D eigenvalue weighted by atomic mass is 9.69. The third-order valence-corrected chi connectivity index (χ3v) is 6.71. The van der Waals surface area contributed by atoms with Crippen molar-refractivity contribution in [3.63, 3.8) is 0 Å². The number of fused-ring (bicyclic) bond motifs is 1. The average Bonchev–Trinajstić information content (AvgIpc) is 3.05. The summed E-state index contributed by atoms with van der Waals surface area (Å²) in [7, 11) is 0. The molecule has 2 bridgehead atoms. The zero-order chi connectivity index (χ0) is 18.1. The van der Waals surface area contributed by atoms with Gasteiger partial charge in [-0.05, 0) is 59.8 Å². The number of ketones is 1. The first-order valence-electron chi connectivity index (χ1n) is 8.94. The van der Waals surface area contributed by atoms with Gasteiger partial charge in [-0.25, -0.2) is 0 Å². The van der Waals surface area contributed by atoms with Crippen molar-refractivity contribution in [2.75, 3.05) is 0 Å². The van der Waals surface area contributed by atoms with Crippen molar-refractivity contribution in [2.24, 2.45) is 29.1 Å². The molecule has 2 saturated carbocycles. The zero-order valence-electron chi connectivity index (χ0n) is 15.5. The van der Waals surface area contributed by atoms with Crippen molar-refractivity contribution >= 4 is 17.7 Å². The van der Waals surface area contributed by atoms with Crippen LogP contribution in [0.4, 0.5) is 0 Å². The number of esters is 2. The van der Waals surface area contributed by atoms with E-state index in [0.717, 1.165) is 12.8 Å². The molecule has 5 unspecified atom stereocenters. The average molecular weight is 336 g/mol. The third kappa shape index (κ3) is 2.23. The van der Waals surface area contributed by atoms with Crippen LogP contribution in [0.3, 0.4) is 0 Å². The Bertz CT molecular complexity index is 605. The normalized spacial score (nSPS) is 37.5. The van der Waals surface area contributed by atoms with Crippen LogP contribution in [0.15, 0.2) is 0 Å². The van der Waals surface area contributed by atoms with Crippen LogP contribution in [0.2, 0.25) is 0 Å². The Labute approximate surface area is 143 Å². The molecule has 1 heterocycles. The first kappa shape index (κ1) is 17.4. The molecule has 3 aliphatic rings. The molecule has 5 atom stereocenters. The molecule has 2 aliphatic carbocycles. The quantitative estimate of drug-likeness (QED) is 0.722. The minimum absolute atomic E-state index is 0.0475. The van der Waals surface area contributed by atoms with Crippen LogP contribution in [0.5, 0.6) is 0 Å². The lowest BCUT2D eigenvalue weighted by Crippen LogP contribution is -2.52. The van der Waals surface area contributed by atoms with E-state index < -0.39 is 16.6 Å². The Morgan fingerprint density at radius 2 is 1.88 bits per heavy atom. The number of carbonyl (C=O) groups is 3. The fourth-order valence-electron chi connectivity index (χ4n) is 4.79. The molecular formula is C19H28O5. The highest BCUT2D eigenvalue weighted by Gasteiger charge is 2.71. The molecule has 5 heteroatoms. The van der Waals surface area contributed by atoms with Crippen molar-refractivity contribution < 1.29 is 23.9 Å². The van der Waals surface area contributed by atoms with Gasteiger partial charge in [0.1, 0.15) is 5.60 Å². The molecule has 5 nitrogen and oxygen atoms in total. The predicted molar refractivity (Wildman–Crippen MR) is 86.9 cm³/mol. The van der Waals surface area contributed by atoms with Crippen molar-refractivity contribution in [1.82, 2.24) is 0 Å². The van der Waals surface area contributed by atoms with Crippen LogP contribution >= 0.6 is 0 Å². The number of ether oxygens (including phenoxy) is 2. The van der Waals surface area contributed by atoms with Gasteiger partial charge >= 0.3 is 11.9 Å². The molecule has 0 amide bonds. The molecular weight excluding hydrogens is 308 g/mol. The SMILES string of the molecule is CCC(C)(C)C(=O)OC(C)(C)C(=O)C1C2CC3C(=O)OC1(C)C3C2. The van der Waals surface area contributed by atoms with Crippen molar-refractivity contribution in [2.45, 2.75) is 72.0 Å². The zero-order valence-corrected chi connectivity index (χ0v) is 15.5. The Morgan fingerprint density at radius 3 is 2.46 bits per heavy atom. The van der Waals surface area contributed by atoms with Gasteiger partial charge in [-0.1, -0.05) is 6.92 Å². The molecule has 0 spiro atoms. The smallest absolute Gasteiger partial charge is 0.312 e. The summed E-state index contributed by atoms with van der Waals surface area (Å²) in [6.45, 7) is 10.7. The van der Waals surface area contributed by atoms with Gasteiger partial charge in [0.25, 0.3) is 0 Å². The van der Waals surface area contributed by atoms with Crippen LogP contribution < -0.4 is 0 Å². The van der Waals surface area contributed by atoms with E-state index in [-0.39, 0.29) is 41.4 Å².